The lowest BCUT2D eigenvalue weighted by Crippen LogP contribution is -2.57. The summed E-state index contributed by atoms with van der Waals surface area (Å²) < 4.78 is 16.3. The summed E-state index contributed by atoms with van der Waals surface area (Å²) in [6, 6.07) is 5.18. The summed E-state index contributed by atoms with van der Waals surface area (Å²) in [5, 5.41) is 0. The van der Waals surface area contributed by atoms with Crippen LogP contribution in [0.2, 0.25) is 0 Å². The van der Waals surface area contributed by atoms with Gasteiger partial charge in [-0.1, -0.05) is 0 Å². The van der Waals surface area contributed by atoms with E-state index in [4.69, 9.17) is 14.2 Å². The molecule has 2 amide bonds. The molecule has 7 nitrogen and oxygen atoms in total. The van der Waals surface area contributed by atoms with Gasteiger partial charge < -0.3 is 24.0 Å². The Hall–Kier alpha value is -2.28. The molecule has 2 saturated heterocycles. The van der Waals surface area contributed by atoms with Crippen LogP contribution in [0.25, 0.3) is 0 Å². The third-order valence-corrected chi connectivity index (χ3v) is 6.06. The van der Waals surface area contributed by atoms with Crippen molar-refractivity contribution in [2.75, 3.05) is 47.1 Å². The summed E-state index contributed by atoms with van der Waals surface area (Å²) in [6.45, 7) is 2.83. The fourth-order valence-electron chi connectivity index (χ4n) is 4.22. The van der Waals surface area contributed by atoms with E-state index in [9.17, 15) is 9.59 Å². The Bertz CT molecular complexity index is 733. The molecule has 1 atom stereocenters. The number of benzene rings is 1. The highest BCUT2D eigenvalue weighted by atomic mass is 16.5. The molecule has 1 aliphatic carbocycles. The number of hydrogen-bond donors (Lipinski definition) is 0. The Kier molecular flexibility index (Phi) is 5.19. The van der Waals surface area contributed by atoms with Gasteiger partial charge in [0, 0.05) is 44.3 Å². The van der Waals surface area contributed by atoms with E-state index in [2.05, 4.69) is 0 Å². The minimum Gasteiger partial charge on any atom is -0.497 e. The van der Waals surface area contributed by atoms with E-state index >= 15 is 0 Å². The van der Waals surface area contributed by atoms with Crippen LogP contribution in [-0.4, -0.2) is 74.2 Å². The largest absolute Gasteiger partial charge is 0.497 e. The maximum absolute atomic E-state index is 13.3. The maximum Gasteiger partial charge on any atom is 0.254 e. The minimum absolute atomic E-state index is 0.107. The van der Waals surface area contributed by atoms with Crippen LogP contribution < -0.4 is 9.47 Å². The lowest BCUT2D eigenvalue weighted by atomic mass is 9.94. The van der Waals surface area contributed by atoms with Crippen molar-refractivity contribution in [2.24, 2.45) is 5.92 Å². The van der Waals surface area contributed by atoms with Gasteiger partial charge in [0.25, 0.3) is 5.91 Å². The molecule has 1 saturated carbocycles. The molecule has 1 aromatic carbocycles. The molecule has 3 fully saturated rings. The quantitative estimate of drug-likeness (QED) is 0.771. The zero-order chi connectivity index (χ0) is 19.7. The van der Waals surface area contributed by atoms with Gasteiger partial charge >= 0.3 is 0 Å². The van der Waals surface area contributed by atoms with Gasteiger partial charge in [0.05, 0.1) is 26.4 Å². The molecule has 1 unspecified atom stereocenters. The molecule has 1 spiro atoms. The third-order valence-electron chi connectivity index (χ3n) is 6.06. The van der Waals surface area contributed by atoms with E-state index < -0.39 is 5.54 Å². The second kappa shape index (κ2) is 7.62. The fraction of sp³-hybridized carbons (Fsp3) is 0.619. The van der Waals surface area contributed by atoms with Crippen LogP contribution in [0, 0.1) is 5.92 Å². The summed E-state index contributed by atoms with van der Waals surface area (Å²) in [5.74, 6) is 1.78. The molecule has 2 heterocycles. The number of ether oxygens (including phenoxy) is 3. The van der Waals surface area contributed by atoms with Crippen LogP contribution in [0.4, 0.5) is 0 Å². The third kappa shape index (κ3) is 3.68. The topological polar surface area (TPSA) is 68.3 Å². The van der Waals surface area contributed by atoms with E-state index in [-0.39, 0.29) is 11.8 Å². The predicted molar refractivity (Wildman–Crippen MR) is 103 cm³/mol. The molecule has 152 valence electrons. The molecule has 3 aliphatic rings. The number of carbonyl (C=O) groups excluding carboxylic acids is 2. The van der Waals surface area contributed by atoms with E-state index in [1.165, 1.54) is 12.8 Å². The van der Waals surface area contributed by atoms with Gasteiger partial charge in [0.1, 0.15) is 11.5 Å². The Morgan fingerprint density at radius 2 is 1.93 bits per heavy atom. The minimum atomic E-state index is -0.408. The second-order valence-corrected chi connectivity index (χ2v) is 8.05. The maximum atomic E-state index is 13.3. The van der Waals surface area contributed by atoms with Gasteiger partial charge in [-0.05, 0) is 37.3 Å². The summed E-state index contributed by atoms with van der Waals surface area (Å²) >= 11 is 0. The molecule has 28 heavy (non-hydrogen) atoms. The summed E-state index contributed by atoms with van der Waals surface area (Å²) in [6.07, 6.45) is 3.50. The highest BCUT2D eigenvalue weighted by Crippen LogP contribution is 2.37. The first-order valence-electron chi connectivity index (χ1n) is 9.95. The average molecular weight is 388 g/mol. The molecule has 1 aromatic rings. The molecule has 4 rings (SSSR count). The number of nitrogens with zero attached hydrogens (tertiary/aromatic N) is 2. The molecule has 0 radical (unpaired) electrons. The zero-order valence-corrected chi connectivity index (χ0v) is 16.6. The lowest BCUT2D eigenvalue weighted by molar-refractivity contribution is -0.136. The number of carbonyl (C=O) groups is 2. The van der Waals surface area contributed by atoms with Crippen molar-refractivity contribution in [3.63, 3.8) is 0 Å². The molecule has 7 heteroatoms. The Morgan fingerprint density at radius 1 is 1.21 bits per heavy atom. The van der Waals surface area contributed by atoms with E-state index in [0.29, 0.717) is 55.7 Å². The van der Waals surface area contributed by atoms with Gasteiger partial charge in [0.2, 0.25) is 5.91 Å². The van der Waals surface area contributed by atoms with Gasteiger partial charge in [-0.15, -0.1) is 0 Å². The number of hydrogen-bond acceptors (Lipinski definition) is 5. The van der Waals surface area contributed by atoms with Crippen LogP contribution in [0.1, 0.15) is 36.0 Å². The van der Waals surface area contributed by atoms with E-state index in [1.807, 2.05) is 4.90 Å². The first-order valence-corrected chi connectivity index (χ1v) is 9.95. The lowest BCUT2D eigenvalue weighted by Gasteiger charge is -2.40. The zero-order valence-electron chi connectivity index (χ0n) is 16.6. The predicted octanol–water partition coefficient (Wildman–Crippen LogP) is 1.95. The molecular formula is C21H28N2O5. The van der Waals surface area contributed by atoms with Crippen molar-refractivity contribution in [1.29, 1.82) is 0 Å². The molecule has 0 bridgehead atoms. The molecular weight excluding hydrogens is 360 g/mol. The number of rotatable bonds is 5. The highest BCUT2D eigenvalue weighted by molar-refractivity contribution is 5.95. The average Bonchev–Trinajstić information content (AvgIpc) is 3.45. The Labute approximate surface area is 165 Å². The van der Waals surface area contributed by atoms with Crippen LogP contribution >= 0.6 is 0 Å². The van der Waals surface area contributed by atoms with Gasteiger partial charge in [-0.3, -0.25) is 9.59 Å². The summed E-state index contributed by atoms with van der Waals surface area (Å²) in [4.78, 5) is 30.1. The summed E-state index contributed by atoms with van der Waals surface area (Å²) in [5.41, 5.74) is 0.0998. The van der Waals surface area contributed by atoms with Crippen molar-refractivity contribution in [3.8, 4) is 11.5 Å². The van der Waals surface area contributed by atoms with Crippen molar-refractivity contribution < 1.29 is 23.8 Å². The number of amides is 2. The highest BCUT2D eigenvalue weighted by Gasteiger charge is 2.48. The first kappa shape index (κ1) is 19.1. The van der Waals surface area contributed by atoms with Gasteiger partial charge in [-0.25, -0.2) is 0 Å². The second-order valence-electron chi connectivity index (χ2n) is 8.05. The van der Waals surface area contributed by atoms with Crippen LogP contribution in [-0.2, 0) is 9.53 Å². The SMILES string of the molecule is COc1cc(OC)cc(C(=O)N2CCC(=O)N(CC3CC3)C3(CCOC3)C2)c1. The standard InChI is InChI=1S/C21H28N2O5/c1-26-17-9-16(10-18(11-17)27-2)20(25)22-7-5-19(24)23(12-15-3-4-15)21(13-22)6-8-28-14-21/h9-11,15H,3-8,12-14H2,1-2H3. The monoisotopic (exact) mass is 388 g/mol. The Morgan fingerprint density at radius 3 is 2.50 bits per heavy atom. The first-order chi connectivity index (χ1) is 13.5. The van der Waals surface area contributed by atoms with Gasteiger partial charge in [-0.2, -0.15) is 0 Å². The fourth-order valence-corrected chi connectivity index (χ4v) is 4.22. The van der Waals surface area contributed by atoms with Crippen LogP contribution in [0.5, 0.6) is 11.5 Å². The molecule has 0 N–H and O–H groups in total. The smallest absolute Gasteiger partial charge is 0.254 e. The van der Waals surface area contributed by atoms with E-state index in [1.54, 1.807) is 37.3 Å². The molecule has 2 aliphatic heterocycles. The Balaban J connectivity index is 1.61. The van der Waals surface area contributed by atoms with Crippen molar-refractivity contribution in [1.82, 2.24) is 9.80 Å². The molecule has 0 aromatic heterocycles. The van der Waals surface area contributed by atoms with E-state index in [0.717, 1.165) is 13.0 Å². The normalized spacial score (nSPS) is 25.1. The van der Waals surface area contributed by atoms with Crippen molar-refractivity contribution >= 4 is 11.8 Å². The van der Waals surface area contributed by atoms with Crippen molar-refractivity contribution in [3.05, 3.63) is 23.8 Å². The summed E-state index contributed by atoms with van der Waals surface area (Å²) in [7, 11) is 3.13. The van der Waals surface area contributed by atoms with Gasteiger partial charge in [0.15, 0.2) is 0 Å². The van der Waals surface area contributed by atoms with Crippen LogP contribution in [0.3, 0.4) is 0 Å². The van der Waals surface area contributed by atoms with Crippen LogP contribution in [0.15, 0.2) is 18.2 Å². The van der Waals surface area contributed by atoms with Crippen molar-refractivity contribution in [2.45, 2.75) is 31.2 Å². The number of methoxy groups -OCH3 is 2.